The van der Waals surface area contributed by atoms with Crippen molar-refractivity contribution in [3.63, 3.8) is 0 Å². The molecule has 3 aromatic rings. The van der Waals surface area contributed by atoms with Gasteiger partial charge in [0.15, 0.2) is 0 Å². The maximum Gasteiger partial charge on any atom is 0.327 e. The molecule has 8 heteroatoms. The first-order valence-corrected chi connectivity index (χ1v) is 12.5. The molecule has 1 saturated heterocycles. The number of thioether (sulfide) groups is 1. The Kier molecular flexibility index (Phi) is 5.47. The third kappa shape index (κ3) is 3.73. The maximum atomic E-state index is 13.4. The van der Waals surface area contributed by atoms with Crippen molar-refractivity contribution in [1.82, 2.24) is 20.9 Å². The number of piperidine rings is 1. The van der Waals surface area contributed by atoms with Crippen LogP contribution in [0.2, 0.25) is 0 Å². The van der Waals surface area contributed by atoms with Gasteiger partial charge in [-0.3, -0.25) is 9.69 Å². The van der Waals surface area contributed by atoms with Gasteiger partial charge in [0.05, 0.1) is 17.4 Å². The fourth-order valence-corrected chi connectivity index (χ4v) is 6.23. The average molecular weight is 472 g/mol. The lowest BCUT2D eigenvalue weighted by atomic mass is 9.98. The number of rotatable bonds is 4. The van der Waals surface area contributed by atoms with E-state index < -0.39 is 11.3 Å². The number of carbonyl (C=O) groups excluding carboxylic acids is 2. The summed E-state index contributed by atoms with van der Waals surface area (Å²) in [5.41, 5.74) is 4.60. The van der Waals surface area contributed by atoms with Gasteiger partial charge in [0.1, 0.15) is 10.3 Å². The van der Waals surface area contributed by atoms with Crippen molar-refractivity contribution in [2.45, 2.75) is 35.2 Å². The van der Waals surface area contributed by atoms with Gasteiger partial charge in [-0.15, -0.1) is 0 Å². The molecule has 4 heterocycles. The highest BCUT2D eigenvalue weighted by Gasteiger charge is 2.46. The first-order valence-electron chi connectivity index (χ1n) is 11.6. The van der Waals surface area contributed by atoms with Gasteiger partial charge in [-0.05, 0) is 48.7 Å². The normalized spacial score (nSPS) is 23.2. The Morgan fingerprint density at radius 1 is 1.09 bits per heavy atom. The summed E-state index contributed by atoms with van der Waals surface area (Å²) in [7, 11) is 0. The molecule has 7 nitrogen and oxygen atoms in total. The molecule has 3 atom stereocenters. The highest BCUT2D eigenvalue weighted by molar-refractivity contribution is 8.01. The average Bonchev–Trinajstić information content (AvgIpc) is 3.25. The molecule has 3 N–H and O–H groups in total. The monoisotopic (exact) mass is 471 g/mol. The zero-order valence-electron chi connectivity index (χ0n) is 18.5. The van der Waals surface area contributed by atoms with Gasteiger partial charge < -0.3 is 16.0 Å². The van der Waals surface area contributed by atoms with E-state index >= 15 is 0 Å². The lowest BCUT2D eigenvalue weighted by molar-refractivity contribution is -0.121. The molecule has 0 radical (unpaired) electrons. The molecule has 0 spiro atoms. The van der Waals surface area contributed by atoms with Crippen LogP contribution in [0.15, 0.2) is 71.9 Å². The van der Waals surface area contributed by atoms with Gasteiger partial charge in [0, 0.05) is 24.3 Å². The smallest absolute Gasteiger partial charge is 0.327 e. The van der Waals surface area contributed by atoms with E-state index in [2.05, 4.69) is 33.1 Å². The minimum atomic E-state index is -0.438. The van der Waals surface area contributed by atoms with Crippen LogP contribution in [0.25, 0.3) is 11.1 Å². The van der Waals surface area contributed by atoms with Crippen molar-refractivity contribution < 1.29 is 9.59 Å². The fourth-order valence-electron chi connectivity index (χ4n) is 4.99. The summed E-state index contributed by atoms with van der Waals surface area (Å²) in [5.74, 6) is -0.0486. The molecule has 0 saturated carbocycles. The van der Waals surface area contributed by atoms with Crippen molar-refractivity contribution in [2.24, 2.45) is 0 Å². The van der Waals surface area contributed by atoms with Gasteiger partial charge in [-0.2, -0.15) is 0 Å². The van der Waals surface area contributed by atoms with E-state index in [9.17, 15) is 9.59 Å². The van der Waals surface area contributed by atoms with E-state index in [0.29, 0.717) is 0 Å². The number of anilines is 2. The van der Waals surface area contributed by atoms with Crippen LogP contribution in [0.1, 0.15) is 24.4 Å². The van der Waals surface area contributed by atoms with Gasteiger partial charge >= 0.3 is 6.03 Å². The Labute approximate surface area is 202 Å². The fraction of sp³-hybridized carbons (Fsp3) is 0.269. The maximum absolute atomic E-state index is 13.4. The van der Waals surface area contributed by atoms with Crippen molar-refractivity contribution >= 4 is 35.1 Å². The second-order valence-corrected chi connectivity index (χ2v) is 9.95. The van der Waals surface area contributed by atoms with Crippen LogP contribution in [0, 0.1) is 0 Å². The van der Waals surface area contributed by atoms with Crippen LogP contribution in [0.4, 0.5) is 16.2 Å². The van der Waals surface area contributed by atoms with Crippen LogP contribution in [-0.2, 0) is 4.79 Å². The number of urea groups is 1. The second-order valence-electron chi connectivity index (χ2n) is 8.82. The van der Waals surface area contributed by atoms with Crippen molar-refractivity contribution in [2.75, 3.05) is 18.0 Å². The molecule has 2 aromatic carbocycles. The SMILES string of the molecule is O=C(NC1CCCNC1)[C@@H]1Sc2nccc3c2C1NC(=O)N3c1cccc(-c2ccccc2)c1. The van der Waals surface area contributed by atoms with Gasteiger partial charge in [-0.25, -0.2) is 9.78 Å². The number of pyridine rings is 1. The van der Waals surface area contributed by atoms with Crippen molar-refractivity contribution in [1.29, 1.82) is 0 Å². The second kappa shape index (κ2) is 8.77. The van der Waals surface area contributed by atoms with Crippen molar-refractivity contribution in [3.05, 3.63) is 72.4 Å². The molecule has 172 valence electrons. The Hall–Kier alpha value is -3.36. The summed E-state index contributed by atoms with van der Waals surface area (Å²) in [6.07, 6.45) is 3.73. The summed E-state index contributed by atoms with van der Waals surface area (Å²) in [6, 6.07) is 19.4. The predicted molar refractivity (Wildman–Crippen MR) is 133 cm³/mol. The molecular formula is C26H25N5O2S. The number of nitrogens with zero attached hydrogens (tertiary/aromatic N) is 2. The number of aromatic nitrogens is 1. The van der Waals surface area contributed by atoms with Crippen LogP contribution >= 0.6 is 11.8 Å². The van der Waals surface area contributed by atoms with E-state index in [1.165, 1.54) is 11.8 Å². The van der Waals surface area contributed by atoms with E-state index in [1.54, 1.807) is 11.1 Å². The van der Waals surface area contributed by atoms with Crippen LogP contribution in [0.5, 0.6) is 0 Å². The molecule has 3 aliphatic rings. The Bertz CT molecular complexity index is 1240. The lowest BCUT2D eigenvalue weighted by Gasteiger charge is -2.34. The molecule has 6 rings (SSSR count). The summed E-state index contributed by atoms with van der Waals surface area (Å²) in [6.45, 7) is 1.77. The molecular weight excluding hydrogens is 446 g/mol. The zero-order valence-corrected chi connectivity index (χ0v) is 19.3. The minimum absolute atomic E-state index is 0.0486. The summed E-state index contributed by atoms with van der Waals surface area (Å²) in [4.78, 5) is 32.8. The number of hydrogen-bond acceptors (Lipinski definition) is 5. The number of hydrogen-bond donors (Lipinski definition) is 3. The standard InChI is InChI=1S/C26H25N5O2S/c32-24(29-18-9-5-12-27-15-18)23-22-21-20(11-13-28-25(21)34-23)31(26(33)30-22)19-10-4-8-17(14-19)16-6-2-1-3-7-16/h1-4,6-8,10-11,13-14,18,22-23,27H,5,9,12,15H2,(H,29,32)(H,30,33)/t18?,22?,23-/m1/s1. The molecule has 3 amide bonds. The number of amides is 3. The zero-order chi connectivity index (χ0) is 23.1. The van der Waals surface area contributed by atoms with Crippen LogP contribution in [0.3, 0.4) is 0 Å². The summed E-state index contributed by atoms with van der Waals surface area (Å²) in [5, 5.41) is 9.96. The molecule has 3 aliphatic heterocycles. The van der Waals surface area contributed by atoms with E-state index in [0.717, 1.165) is 59.0 Å². The number of carbonyl (C=O) groups is 2. The van der Waals surface area contributed by atoms with Gasteiger partial charge in [-0.1, -0.05) is 54.2 Å². The van der Waals surface area contributed by atoms with Crippen LogP contribution < -0.4 is 20.9 Å². The molecule has 1 aromatic heterocycles. The molecule has 2 unspecified atom stereocenters. The lowest BCUT2D eigenvalue weighted by Crippen LogP contribution is -2.52. The Morgan fingerprint density at radius 3 is 2.76 bits per heavy atom. The summed E-state index contributed by atoms with van der Waals surface area (Å²) >= 11 is 1.43. The van der Waals surface area contributed by atoms with E-state index in [-0.39, 0.29) is 18.0 Å². The van der Waals surface area contributed by atoms with Gasteiger partial charge in [0.25, 0.3) is 0 Å². The first kappa shape index (κ1) is 21.2. The Morgan fingerprint density at radius 2 is 1.94 bits per heavy atom. The van der Waals surface area contributed by atoms with Crippen molar-refractivity contribution in [3.8, 4) is 11.1 Å². The molecule has 34 heavy (non-hydrogen) atoms. The first-order chi connectivity index (χ1) is 16.7. The highest BCUT2D eigenvalue weighted by Crippen LogP contribution is 2.50. The third-order valence-corrected chi connectivity index (χ3v) is 7.91. The van der Waals surface area contributed by atoms with E-state index in [4.69, 9.17) is 0 Å². The Balaban J connectivity index is 1.32. The number of nitrogens with one attached hydrogen (secondary N) is 3. The largest absolute Gasteiger partial charge is 0.351 e. The van der Waals surface area contributed by atoms with Crippen LogP contribution in [-0.4, -0.2) is 41.3 Å². The molecule has 0 aliphatic carbocycles. The minimum Gasteiger partial charge on any atom is -0.351 e. The number of benzene rings is 2. The third-order valence-electron chi connectivity index (χ3n) is 6.62. The van der Waals surface area contributed by atoms with Gasteiger partial charge in [0.2, 0.25) is 5.91 Å². The topological polar surface area (TPSA) is 86.4 Å². The quantitative estimate of drug-likeness (QED) is 0.536. The highest BCUT2D eigenvalue weighted by atomic mass is 32.2. The molecule has 0 bridgehead atoms. The molecule has 1 fully saturated rings. The summed E-state index contributed by atoms with van der Waals surface area (Å²) < 4.78 is 0. The van der Waals surface area contributed by atoms with E-state index in [1.807, 2.05) is 48.5 Å². The predicted octanol–water partition coefficient (Wildman–Crippen LogP) is 3.99.